The Kier molecular flexibility index (Phi) is 7.85. The number of amides is 2. The SMILES string of the molecule is COC(=O)c1cc(OC)c(OC)cc1NC(=O)CNC(=O)[C@@H](N)C(C)C. The third kappa shape index (κ3) is 5.35. The molecule has 0 bridgehead atoms. The molecule has 9 nitrogen and oxygen atoms in total. The van der Waals surface area contributed by atoms with Crippen molar-refractivity contribution in [2.24, 2.45) is 11.7 Å². The Morgan fingerprint density at radius 2 is 1.65 bits per heavy atom. The third-order valence-corrected chi connectivity index (χ3v) is 3.65. The van der Waals surface area contributed by atoms with Crippen LogP contribution in [0.2, 0.25) is 0 Å². The van der Waals surface area contributed by atoms with Gasteiger partial charge in [0.2, 0.25) is 11.8 Å². The number of nitrogens with two attached hydrogens (primary N) is 1. The smallest absolute Gasteiger partial charge is 0.340 e. The van der Waals surface area contributed by atoms with Crippen molar-refractivity contribution in [2.75, 3.05) is 33.2 Å². The number of anilines is 1. The van der Waals surface area contributed by atoms with Crippen LogP contribution in [0.25, 0.3) is 0 Å². The predicted octanol–water partition coefficient (Wildman–Crippen LogP) is 0.528. The van der Waals surface area contributed by atoms with Gasteiger partial charge in [-0.05, 0) is 5.92 Å². The maximum absolute atomic E-state index is 12.1. The van der Waals surface area contributed by atoms with Crippen LogP contribution in [0.3, 0.4) is 0 Å². The Morgan fingerprint density at radius 3 is 2.15 bits per heavy atom. The molecule has 0 aromatic heterocycles. The van der Waals surface area contributed by atoms with E-state index in [4.69, 9.17) is 19.9 Å². The van der Waals surface area contributed by atoms with E-state index in [0.717, 1.165) is 0 Å². The van der Waals surface area contributed by atoms with Gasteiger partial charge < -0.3 is 30.6 Å². The molecule has 9 heteroatoms. The predicted molar refractivity (Wildman–Crippen MR) is 95.3 cm³/mol. The molecule has 1 atom stereocenters. The summed E-state index contributed by atoms with van der Waals surface area (Å²) in [6.45, 7) is 3.31. The minimum Gasteiger partial charge on any atom is -0.493 e. The van der Waals surface area contributed by atoms with Crippen LogP contribution in [0.15, 0.2) is 12.1 Å². The number of hydrogen-bond acceptors (Lipinski definition) is 7. The first-order chi connectivity index (χ1) is 12.2. The van der Waals surface area contributed by atoms with Gasteiger partial charge in [-0.1, -0.05) is 13.8 Å². The zero-order valence-corrected chi connectivity index (χ0v) is 15.5. The highest BCUT2D eigenvalue weighted by Crippen LogP contribution is 2.33. The minimum absolute atomic E-state index is 0.0603. The number of carbonyl (C=O) groups is 3. The fourth-order valence-electron chi connectivity index (χ4n) is 2.04. The highest BCUT2D eigenvalue weighted by Gasteiger charge is 2.21. The first-order valence-corrected chi connectivity index (χ1v) is 7.92. The van der Waals surface area contributed by atoms with Crippen molar-refractivity contribution in [2.45, 2.75) is 19.9 Å². The van der Waals surface area contributed by atoms with Crippen molar-refractivity contribution >= 4 is 23.5 Å². The number of ether oxygens (including phenoxy) is 3. The van der Waals surface area contributed by atoms with Gasteiger partial charge in [-0.3, -0.25) is 9.59 Å². The second kappa shape index (κ2) is 9.62. The van der Waals surface area contributed by atoms with Crippen molar-refractivity contribution in [1.82, 2.24) is 5.32 Å². The van der Waals surface area contributed by atoms with Crippen LogP contribution in [-0.4, -0.2) is 51.7 Å². The van der Waals surface area contributed by atoms with E-state index in [1.807, 2.05) is 0 Å². The maximum Gasteiger partial charge on any atom is 0.340 e. The van der Waals surface area contributed by atoms with E-state index in [-0.39, 0.29) is 23.7 Å². The molecule has 144 valence electrons. The van der Waals surface area contributed by atoms with Crippen LogP contribution in [0.1, 0.15) is 24.2 Å². The van der Waals surface area contributed by atoms with Gasteiger partial charge in [0.05, 0.1) is 45.2 Å². The van der Waals surface area contributed by atoms with Crippen LogP contribution in [-0.2, 0) is 14.3 Å². The van der Waals surface area contributed by atoms with E-state index in [1.165, 1.54) is 33.5 Å². The normalized spacial score (nSPS) is 11.5. The molecule has 0 unspecified atom stereocenters. The fraction of sp³-hybridized carbons (Fsp3) is 0.471. The summed E-state index contributed by atoms with van der Waals surface area (Å²) in [7, 11) is 4.07. The Labute approximate surface area is 152 Å². The molecular weight excluding hydrogens is 342 g/mol. The van der Waals surface area contributed by atoms with Crippen molar-refractivity contribution < 1.29 is 28.6 Å². The van der Waals surface area contributed by atoms with E-state index in [1.54, 1.807) is 13.8 Å². The van der Waals surface area contributed by atoms with Gasteiger partial charge in [0, 0.05) is 12.1 Å². The van der Waals surface area contributed by atoms with Gasteiger partial charge in [-0.25, -0.2) is 4.79 Å². The molecule has 0 spiro atoms. The molecule has 0 aliphatic carbocycles. The first-order valence-electron chi connectivity index (χ1n) is 7.92. The van der Waals surface area contributed by atoms with E-state index in [2.05, 4.69) is 10.6 Å². The molecule has 2 amide bonds. The Hall–Kier alpha value is -2.81. The molecule has 1 aromatic rings. The lowest BCUT2D eigenvalue weighted by Crippen LogP contribution is -2.46. The topological polar surface area (TPSA) is 129 Å². The summed E-state index contributed by atoms with van der Waals surface area (Å²) in [4.78, 5) is 35.9. The molecular formula is C17H25N3O6. The summed E-state index contributed by atoms with van der Waals surface area (Å²) in [5.41, 5.74) is 5.97. The molecule has 26 heavy (non-hydrogen) atoms. The lowest BCUT2D eigenvalue weighted by atomic mass is 10.1. The van der Waals surface area contributed by atoms with E-state index in [9.17, 15) is 14.4 Å². The zero-order valence-electron chi connectivity index (χ0n) is 15.5. The molecule has 1 rings (SSSR count). The summed E-state index contributed by atoms with van der Waals surface area (Å²) in [5.74, 6) is -1.06. The van der Waals surface area contributed by atoms with E-state index >= 15 is 0 Å². The molecule has 0 heterocycles. The summed E-state index contributed by atoms with van der Waals surface area (Å²) in [5, 5.41) is 4.99. The molecule has 1 aromatic carbocycles. The summed E-state index contributed by atoms with van der Waals surface area (Å²) in [6, 6.07) is 2.12. The number of esters is 1. The monoisotopic (exact) mass is 367 g/mol. The van der Waals surface area contributed by atoms with Crippen LogP contribution < -0.4 is 25.8 Å². The highest BCUT2D eigenvalue weighted by molar-refractivity contribution is 6.03. The molecule has 0 radical (unpaired) electrons. The quantitative estimate of drug-likeness (QED) is 0.572. The molecule has 0 fully saturated rings. The average Bonchev–Trinajstić information content (AvgIpc) is 2.64. The molecule has 0 aliphatic rings. The summed E-state index contributed by atoms with van der Waals surface area (Å²) >= 11 is 0. The number of nitrogens with one attached hydrogen (secondary N) is 2. The Balaban J connectivity index is 2.95. The molecule has 0 saturated carbocycles. The second-order valence-electron chi connectivity index (χ2n) is 5.78. The third-order valence-electron chi connectivity index (χ3n) is 3.65. The number of benzene rings is 1. The van der Waals surface area contributed by atoms with Crippen molar-refractivity contribution in [3.05, 3.63) is 17.7 Å². The lowest BCUT2D eigenvalue weighted by molar-refractivity contribution is -0.125. The number of hydrogen-bond donors (Lipinski definition) is 3. The van der Waals surface area contributed by atoms with Gasteiger partial charge >= 0.3 is 5.97 Å². The lowest BCUT2D eigenvalue weighted by Gasteiger charge is -2.16. The number of rotatable bonds is 8. The summed E-state index contributed by atoms with van der Waals surface area (Å²) < 4.78 is 15.0. The molecule has 4 N–H and O–H groups in total. The van der Waals surface area contributed by atoms with Gasteiger partial charge in [0.15, 0.2) is 11.5 Å². The second-order valence-corrected chi connectivity index (χ2v) is 5.78. The van der Waals surface area contributed by atoms with Gasteiger partial charge in [0.1, 0.15) is 0 Å². The largest absolute Gasteiger partial charge is 0.493 e. The van der Waals surface area contributed by atoms with Crippen LogP contribution in [0.4, 0.5) is 5.69 Å². The van der Waals surface area contributed by atoms with Crippen LogP contribution in [0, 0.1) is 5.92 Å². The van der Waals surface area contributed by atoms with Gasteiger partial charge in [-0.15, -0.1) is 0 Å². The average molecular weight is 367 g/mol. The molecule has 0 aliphatic heterocycles. The zero-order chi connectivity index (χ0) is 19.9. The van der Waals surface area contributed by atoms with Crippen molar-refractivity contribution in [3.63, 3.8) is 0 Å². The minimum atomic E-state index is -0.713. The van der Waals surface area contributed by atoms with E-state index in [0.29, 0.717) is 11.5 Å². The fourth-order valence-corrected chi connectivity index (χ4v) is 2.04. The summed E-state index contributed by atoms with van der Waals surface area (Å²) in [6.07, 6.45) is 0. The van der Waals surface area contributed by atoms with Crippen LogP contribution >= 0.6 is 0 Å². The standard InChI is InChI=1S/C17H25N3O6/c1-9(2)15(18)16(22)19-8-14(21)20-11-7-13(25-4)12(24-3)6-10(11)17(23)26-5/h6-7,9,15H,8,18H2,1-5H3,(H,19,22)(H,20,21)/t15-/m0/s1. The van der Waals surface area contributed by atoms with E-state index < -0.39 is 23.8 Å². The maximum atomic E-state index is 12.1. The van der Waals surface area contributed by atoms with Crippen LogP contribution in [0.5, 0.6) is 11.5 Å². The van der Waals surface area contributed by atoms with Crippen molar-refractivity contribution in [1.29, 1.82) is 0 Å². The Morgan fingerprint density at radius 1 is 1.08 bits per heavy atom. The van der Waals surface area contributed by atoms with Gasteiger partial charge in [0.25, 0.3) is 0 Å². The number of methoxy groups -OCH3 is 3. The number of carbonyl (C=O) groups excluding carboxylic acids is 3. The Bertz CT molecular complexity index is 675. The van der Waals surface area contributed by atoms with Crippen molar-refractivity contribution in [3.8, 4) is 11.5 Å². The van der Waals surface area contributed by atoms with Gasteiger partial charge in [-0.2, -0.15) is 0 Å². The first kappa shape index (κ1) is 21.2. The highest BCUT2D eigenvalue weighted by atomic mass is 16.5. The molecule has 0 saturated heterocycles.